The molecule has 286 valence electrons. The van der Waals surface area contributed by atoms with Crippen LogP contribution in [0.5, 0.6) is 0 Å². The van der Waals surface area contributed by atoms with E-state index in [1.165, 1.54) is 33.0 Å². The van der Waals surface area contributed by atoms with Crippen molar-refractivity contribution in [3.8, 4) is 39.4 Å². The van der Waals surface area contributed by atoms with Crippen LogP contribution in [0, 0.1) is 0 Å². The fourth-order valence-electron chi connectivity index (χ4n) is 9.17. The van der Waals surface area contributed by atoms with Gasteiger partial charge in [0.05, 0.1) is 11.0 Å². The zero-order chi connectivity index (χ0) is 40.3. The lowest BCUT2D eigenvalue weighted by molar-refractivity contribution is 0.623. The molecule has 0 fully saturated rings. The molecule has 12 rings (SSSR count). The Morgan fingerprint density at radius 2 is 0.967 bits per heavy atom. The van der Waals surface area contributed by atoms with Crippen molar-refractivity contribution in [2.24, 2.45) is 0 Å². The highest BCUT2D eigenvalue weighted by atomic mass is 16.3. The number of benzene rings is 10. The normalized spacial score (nSPS) is 11.6. The standard InChI is InChI=1S/C57H37N3O/c1-4-15-38(16-5-1)47-23-10-11-24-48(47)42-19-14-22-44(35-42)59(46-32-34-54-51(37-46)49-25-12-13-26-53(49)60(54)43-20-8-3-9-21-43)45-31-29-39-27-28-40-30-33-52-56(55(40)50(39)36-45)61-57(58-52)41-17-6-2-7-18-41/h1-37H. The van der Waals surface area contributed by atoms with Crippen LogP contribution in [0.4, 0.5) is 17.1 Å². The van der Waals surface area contributed by atoms with Crippen LogP contribution in [0.25, 0.3) is 93.8 Å². The molecule has 2 heterocycles. The average Bonchev–Trinajstić information content (AvgIpc) is 3.92. The van der Waals surface area contributed by atoms with Gasteiger partial charge in [-0.25, -0.2) is 4.98 Å². The van der Waals surface area contributed by atoms with Gasteiger partial charge in [-0.2, -0.15) is 0 Å². The van der Waals surface area contributed by atoms with Crippen molar-refractivity contribution in [3.05, 3.63) is 224 Å². The lowest BCUT2D eigenvalue weighted by atomic mass is 9.94. The lowest BCUT2D eigenvalue weighted by Gasteiger charge is -2.27. The number of nitrogens with zero attached hydrogens (tertiary/aromatic N) is 3. The largest absolute Gasteiger partial charge is 0.435 e. The van der Waals surface area contributed by atoms with Crippen molar-refractivity contribution < 1.29 is 4.42 Å². The van der Waals surface area contributed by atoms with Gasteiger partial charge in [-0.1, -0.05) is 146 Å². The number of oxazole rings is 1. The second kappa shape index (κ2) is 14.3. The van der Waals surface area contributed by atoms with Gasteiger partial charge in [0, 0.05) is 44.5 Å². The van der Waals surface area contributed by atoms with Gasteiger partial charge in [0.25, 0.3) is 0 Å². The molecule has 10 aromatic carbocycles. The molecular formula is C57H37N3O. The van der Waals surface area contributed by atoms with Crippen molar-refractivity contribution in [1.29, 1.82) is 0 Å². The maximum Gasteiger partial charge on any atom is 0.227 e. The highest BCUT2D eigenvalue weighted by Gasteiger charge is 2.20. The molecule has 61 heavy (non-hydrogen) atoms. The molecule has 0 saturated carbocycles. The summed E-state index contributed by atoms with van der Waals surface area (Å²) in [5.74, 6) is 0.619. The Bertz CT molecular complexity index is 3590. The summed E-state index contributed by atoms with van der Waals surface area (Å²) in [6.07, 6.45) is 0. The van der Waals surface area contributed by atoms with Crippen LogP contribution in [0.3, 0.4) is 0 Å². The Kier molecular flexibility index (Phi) is 8.13. The topological polar surface area (TPSA) is 34.2 Å². The number of aromatic nitrogens is 2. The first-order valence-corrected chi connectivity index (χ1v) is 20.7. The Morgan fingerprint density at radius 1 is 0.393 bits per heavy atom. The first kappa shape index (κ1) is 34.8. The molecule has 0 amide bonds. The van der Waals surface area contributed by atoms with Gasteiger partial charge in [0.2, 0.25) is 5.89 Å². The number of hydrogen-bond donors (Lipinski definition) is 0. The van der Waals surface area contributed by atoms with E-state index in [-0.39, 0.29) is 0 Å². The Hall–Kier alpha value is -8.21. The molecule has 0 atom stereocenters. The van der Waals surface area contributed by atoms with Crippen molar-refractivity contribution >= 4 is 71.5 Å². The summed E-state index contributed by atoms with van der Waals surface area (Å²) in [7, 11) is 0. The van der Waals surface area contributed by atoms with Crippen molar-refractivity contribution in [1.82, 2.24) is 9.55 Å². The molecule has 4 nitrogen and oxygen atoms in total. The molecule has 4 heteroatoms. The van der Waals surface area contributed by atoms with E-state index in [2.05, 4.69) is 204 Å². The molecule has 12 aromatic rings. The van der Waals surface area contributed by atoms with Crippen LogP contribution >= 0.6 is 0 Å². The molecule has 2 aromatic heterocycles. The molecule has 0 unspecified atom stereocenters. The summed E-state index contributed by atoms with van der Waals surface area (Å²) < 4.78 is 9.03. The van der Waals surface area contributed by atoms with E-state index in [9.17, 15) is 0 Å². The fraction of sp³-hybridized carbons (Fsp3) is 0. The van der Waals surface area contributed by atoms with E-state index < -0.39 is 0 Å². The van der Waals surface area contributed by atoms with Gasteiger partial charge in [0.15, 0.2) is 5.58 Å². The van der Waals surface area contributed by atoms with E-state index in [0.717, 1.165) is 72.0 Å². The first-order chi connectivity index (χ1) is 30.2. The van der Waals surface area contributed by atoms with Crippen LogP contribution in [-0.2, 0) is 0 Å². The minimum absolute atomic E-state index is 0.619. The Labute approximate surface area is 352 Å². The van der Waals surface area contributed by atoms with Crippen molar-refractivity contribution in [2.75, 3.05) is 4.90 Å². The maximum atomic E-state index is 6.66. The van der Waals surface area contributed by atoms with Gasteiger partial charge in [0.1, 0.15) is 5.52 Å². The number of rotatable bonds is 7. The summed E-state index contributed by atoms with van der Waals surface area (Å²) in [5.41, 5.74) is 13.9. The second-order valence-electron chi connectivity index (χ2n) is 15.6. The van der Waals surface area contributed by atoms with Gasteiger partial charge < -0.3 is 13.9 Å². The van der Waals surface area contributed by atoms with Crippen molar-refractivity contribution in [3.63, 3.8) is 0 Å². The molecule has 0 saturated heterocycles. The summed E-state index contributed by atoms with van der Waals surface area (Å²) in [5, 5.41) is 6.80. The minimum atomic E-state index is 0.619. The molecule has 0 bridgehead atoms. The van der Waals surface area contributed by atoms with Crippen LogP contribution in [-0.4, -0.2) is 9.55 Å². The summed E-state index contributed by atoms with van der Waals surface area (Å²) in [4.78, 5) is 7.36. The third-order valence-corrected chi connectivity index (χ3v) is 12.0. The third-order valence-electron chi connectivity index (χ3n) is 12.0. The van der Waals surface area contributed by atoms with E-state index in [1.807, 2.05) is 30.3 Å². The van der Waals surface area contributed by atoms with E-state index >= 15 is 0 Å². The zero-order valence-electron chi connectivity index (χ0n) is 33.1. The van der Waals surface area contributed by atoms with Crippen LogP contribution in [0.2, 0.25) is 0 Å². The molecule has 0 N–H and O–H groups in total. The van der Waals surface area contributed by atoms with Crippen molar-refractivity contribution in [2.45, 2.75) is 0 Å². The van der Waals surface area contributed by atoms with Gasteiger partial charge in [-0.05, 0) is 117 Å². The number of hydrogen-bond acceptors (Lipinski definition) is 3. The summed E-state index contributed by atoms with van der Waals surface area (Å²) >= 11 is 0. The van der Waals surface area contributed by atoms with Gasteiger partial charge in [-0.3, -0.25) is 0 Å². The number of fused-ring (bicyclic) bond motifs is 8. The Balaban J connectivity index is 1.10. The predicted octanol–water partition coefficient (Wildman–Crippen LogP) is 15.7. The SMILES string of the molecule is c1ccc(-c2nc3ccc4ccc5ccc(N(c6cccc(-c7ccccc7-c7ccccc7)c6)c6ccc7c(c6)c6ccccc6n7-c6ccccc6)cc5c4c3o2)cc1. The monoisotopic (exact) mass is 779 g/mol. The fourth-order valence-corrected chi connectivity index (χ4v) is 9.17. The van der Waals surface area contributed by atoms with E-state index in [4.69, 9.17) is 9.40 Å². The smallest absolute Gasteiger partial charge is 0.227 e. The van der Waals surface area contributed by atoms with Crippen LogP contribution in [0.15, 0.2) is 229 Å². The van der Waals surface area contributed by atoms with Crippen LogP contribution in [0.1, 0.15) is 0 Å². The van der Waals surface area contributed by atoms with E-state index in [1.54, 1.807) is 0 Å². The average molecular weight is 780 g/mol. The zero-order valence-corrected chi connectivity index (χ0v) is 33.1. The van der Waals surface area contributed by atoms with E-state index in [0.29, 0.717) is 5.89 Å². The summed E-state index contributed by atoms with van der Waals surface area (Å²) in [6, 6.07) is 80.1. The minimum Gasteiger partial charge on any atom is -0.435 e. The highest BCUT2D eigenvalue weighted by Crippen LogP contribution is 2.44. The van der Waals surface area contributed by atoms with Gasteiger partial charge in [-0.15, -0.1) is 0 Å². The third kappa shape index (κ3) is 5.88. The molecule has 0 spiro atoms. The first-order valence-electron chi connectivity index (χ1n) is 20.7. The molecule has 0 aliphatic heterocycles. The number of para-hydroxylation sites is 2. The molecular weight excluding hydrogens is 743 g/mol. The lowest BCUT2D eigenvalue weighted by Crippen LogP contribution is -2.10. The summed E-state index contributed by atoms with van der Waals surface area (Å²) in [6.45, 7) is 0. The quantitative estimate of drug-likeness (QED) is 0.151. The number of anilines is 3. The maximum absolute atomic E-state index is 6.66. The molecule has 0 radical (unpaired) electrons. The highest BCUT2D eigenvalue weighted by molar-refractivity contribution is 6.19. The predicted molar refractivity (Wildman–Crippen MR) is 254 cm³/mol. The molecule has 0 aliphatic rings. The molecule has 0 aliphatic carbocycles. The Morgan fingerprint density at radius 3 is 1.77 bits per heavy atom. The second-order valence-corrected chi connectivity index (χ2v) is 15.6. The van der Waals surface area contributed by atoms with Crippen LogP contribution < -0.4 is 4.90 Å². The van der Waals surface area contributed by atoms with Gasteiger partial charge >= 0.3 is 0 Å².